The van der Waals surface area contributed by atoms with Gasteiger partial charge in [0.25, 0.3) is 0 Å². The van der Waals surface area contributed by atoms with Crippen molar-refractivity contribution in [1.29, 1.82) is 0 Å². The molecule has 0 aromatic heterocycles. The number of hydrogen-bond donors (Lipinski definition) is 0. The molecule has 0 spiro atoms. The van der Waals surface area contributed by atoms with Crippen molar-refractivity contribution in [2.24, 2.45) is 5.92 Å². The molecule has 2 aromatic carbocycles. The zero-order chi connectivity index (χ0) is 17.3. The third-order valence-electron chi connectivity index (χ3n) is 4.39. The molecule has 24 heavy (non-hydrogen) atoms. The second-order valence-corrected chi connectivity index (χ2v) is 5.55. The maximum absolute atomic E-state index is 12.9. The Hall–Kier alpha value is -2.82. The summed E-state index contributed by atoms with van der Waals surface area (Å²) >= 11 is 0. The lowest BCUT2D eigenvalue weighted by Crippen LogP contribution is -2.26. The third-order valence-corrected chi connectivity index (χ3v) is 4.39. The number of carbonyl (C=O) groups excluding carboxylic acids is 2. The maximum Gasteiger partial charge on any atom is 0.317 e. The van der Waals surface area contributed by atoms with Crippen LogP contribution in [0.2, 0.25) is 0 Å². The first-order valence-corrected chi connectivity index (χ1v) is 7.55. The average molecular weight is 326 g/mol. The van der Waals surface area contributed by atoms with Gasteiger partial charge in [0.2, 0.25) is 0 Å². The Morgan fingerprint density at radius 1 is 0.958 bits per heavy atom. The van der Waals surface area contributed by atoms with Crippen molar-refractivity contribution in [3.8, 4) is 11.5 Å². The number of rotatable bonds is 4. The zero-order valence-electron chi connectivity index (χ0n) is 13.7. The van der Waals surface area contributed by atoms with Crippen LogP contribution in [0.15, 0.2) is 42.5 Å². The highest BCUT2D eigenvalue weighted by Gasteiger charge is 2.46. The van der Waals surface area contributed by atoms with Gasteiger partial charge in [-0.1, -0.05) is 30.3 Å². The first kappa shape index (κ1) is 16.1. The van der Waals surface area contributed by atoms with Crippen molar-refractivity contribution in [2.75, 3.05) is 21.3 Å². The van der Waals surface area contributed by atoms with E-state index in [4.69, 9.17) is 14.2 Å². The largest absolute Gasteiger partial charge is 0.493 e. The first-order chi connectivity index (χ1) is 11.6. The van der Waals surface area contributed by atoms with E-state index in [9.17, 15) is 9.59 Å². The van der Waals surface area contributed by atoms with Crippen molar-refractivity contribution in [1.82, 2.24) is 0 Å². The Balaban J connectivity index is 2.22. The van der Waals surface area contributed by atoms with Crippen molar-refractivity contribution in [2.45, 2.75) is 5.92 Å². The Morgan fingerprint density at radius 2 is 1.58 bits per heavy atom. The monoisotopic (exact) mass is 326 g/mol. The fourth-order valence-corrected chi connectivity index (χ4v) is 3.27. The van der Waals surface area contributed by atoms with Crippen LogP contribution in [0.1, 0.15) is 27.4 Å². The van der Waals surface area contributed by atoms with Crippen molar-refractivity contribution in [3.63, 3.8) is 0 Å². The summed E-state index contributed by atoms with van der Waals surface area (Å²) in [6, 6.07) is 12.9. The van der Waals surface area contributed by atoms with Gasteiger partial charge in [-0.2, -0.15) is 0 Å². The summed E-state index contributed by atoms with van der Waals surface area (Å²) in [5.74, 6) is -1.11. The second-order valence-electron chi connectivity index (χ2n) is 5.55. The lowest BCUT2D eigenvalue weighted by Gasteiger charge is -2.18. The lowest BCUT2D eigenvalue weighted by atomic mass is 9.85. The lowest BCUT2D eigenvalue weighted by molar-refractivity contribution is -0.143. The second kappa shape index (κ2) is 6.35. The minimum Gasteiger partial charge on any atom is -0.493 e. The average Bonchev–Trinajstić information content (AvgIpc) is 2.92. The van der Waals surface area contributed by atoms with E-state index in [0.29, 0.717) is 17.1 Å². The van der Waals surface area contributed by atoms with E-state index in [2.05, 4.69) is 0 Å². The summed E-state index contributed by atoms with van der Waals surface area (Å²) in [4.78, 5) is 25.1. The Labute approximate surface area is 140 Å². The molecule has 0 bridgehead atoms. The van der Waals surface area contributed by atoms with Crippen LogP contribution in [-0.2, 0) is 9.53 Å². The van der Waals surface area contributed by atoms with Gasteiger partial charge in [0, 0.05) is 11.5 Å². The smallest absolute Gasteiger partial charge is 0.317 e. The van der Waals surface area contributed by atoms with Gasteiger partial charge < -0.3 is 14.2 Å². The topological polar surface area (TPSA) is 61.8 Å². The minimum atomic E-state index is -0.899. The number of benzene rings is 2. The predicted molar refractivity (Wildman–Crippen MR) is 87.7 cm³/mol. The van der Waals surface area contributed by atoms with Crippen LogP contribution in [0.25, 0.3) is 0 Å². The van der Waals surface area contributed by atoms with E-state index in [1.54, 1.807) is 12.1 Å². The number of Topliss-reactive ketones (excluding diaryl/α,β-unsaturated/α-hetero) is 1. The Bertz CT molecular complexity index is 782. The number of ketones is 1. The normalized spacial score (nSPS) is 18.9. The van der Waals surface area contributed by atoms with Gasteiger partial charge in [0.05, 0.1) is 21.3 Å². The van der Waals surface area contributed by atoms with Gasteiger partial charge in [-0.25, -0.2) is 0 Å². The summed E-state index contributed by atoms with van der Waals surface area (Å²) in [5, 5.41) is 0. The van der Waals surface area contributed by atoms with Crippen LogP contribution < -0.4 is 9.47 Å². The summed E-state index contributed by atoms with van der Waals surface area (Å²) in [7, 11) is 4.34. The fraction of sp³-hybridized carbons (Fsp3) is 0.263. The summed E-state index contributed by atoms with van der Waals surface area (Å²) in [6.45, 7) is 0. The molecule has 2 unspecified atom stereocenters. The number of carbonyl (C=O) groups is 2. The fourth-order valence-electron chi connectivity index (χ4n) is 3.27. The molecule has 0 saturated heterocycles. The Morgan fingerprint density at radius 3 is 2.17 bits per heavy atom. The van der Waals surface area contributed by atoms with Crippen LogP contribution in [0.4, 0.5) is 0 Å². The highest BCUT2D eigenvalue weighted by molar-refractivity contribution is 6.14. The minimum absolute atomic E-state index is 0.258. The number of ether oxygens (including phenoxy) is 3. The number of methoxy groups -OCH3 is 3. The van der Waals surface area contributed by atoms with E-state index in [-0.39, 0.29) is 5.78 Å². The number of esters is 1. The van der Waals surface area contributed by atoms with E-state index in [1.807, 2.05) is 30.3 Å². The van der Waals surface area contributed by atoms with Gasteiger partial charge in [-0.05, 0) is 23.3 Å². The van der Waals surface area contributed by atoms with Crippen molar-refractivity contribution >= 4 is 11.8 Å². The SMILES string of the molecule is COC(=O)C1C(=O)c2cc(OC)c(OC)cc2C1c1ccccc1. The molecule has 0 saturated carbocycles. The van der Waals surface area contributed by atoms with E-state index >= 15 is 0 Å². The molecule has 2 atom stereocenters. The molecule has 2 aromatic rings. The van der Waals surface area contributed by atoms with E-state index in [0.717, 1.165) is 11.1 Å². The molecule has 124 valence electrons. The van der Waals surface area contributed by atoms with Crippen LogP contribution in [-0.4, -0.2) is 33.1 Å². The molecule has 0 fully saturated rings. The molecule has 0 heterocycles. The molecule has 0 amide bonds. The van der Waals surface area contributed by atoms with Gasteiger partial charge in [0.15, 0.2) is 17.3 Å². The molecule has 0 aliphatic heterocycles. The molecule has 1 aliphatic rings. The van der Waals surface area contributed by atoms with Crippen LogP contribution in [0.3, 0.4) is 0 Å². The van der Waals surface area contributed by atoms with Gasteiger partial charge in [-0.3, -0.25) is 9.59 Å². The standard InChI is InChI=1S/C19H18O5/c1-22-14-9-12-13(10-15(14)23-2)18(20)17(19(21)24-3)16(12)11-7-5-4-6-8-11/h4-10,16-17H,1-3H3. The summed E-state index contributed by atoms with van der Waals surface area (Å²) < 4.78 is 15.5. The van der Waals surface area contributed by atoms with Gasteiger partial charge in [0.1, 0.15) is 5.92 Å². The zero-order valence-corrected chi connectivity index (χ0v) is 13.7. The number of hydrogen-bond acceptors (Lipinski definition) is 5. The molecule has 0 radical (unpaired) electrons. The molecule has 3 rings (SSSR count). The molecule has 5 nitrogen and oxygen atoms in total. The molecule has 5 heteroatoms. The van der Waals surface area contributed by atoms with Crippen LogP contribution >= 0.6 is 0 Å². The van der Waals surface area contributed by atoms with E-state index in [1.165, 1.54) is 21.3 Å². The molecule has 1 aliphatic carbocycles. The van der Waals surface area contributed by atoms with Crippen LogP contribution in [0.5, 0.6) is 11.5 Å². The van der Waals surface area contributed by atoms with Gasteiger partial charge in [-0.15, -0.1) is 0 Å². The molecular formula is C19H18O5. The van der Waals surface area contributed by atoms with Crippen LogP contribution in [0, 0.1) is 5.92 Å². The third kappa shape index (κ3) is 2.42. The quantitative estimate of drug-likeness (QED) is 0.639. The van der Waals surface area contributed by atoms with Crippen molar-refractivity contribution < 1.29 is 23.8 Å². The van der Waals surface area contributed by atoms with Gasteiger partial charge >= 0.3 is 5.97 Å². The summed E-state index contributed by atoms with van der Waals surface area (Å²) in [6.07, 6.45) is 0. The first-order valence-electron chi connectivity index (χ1n) is 7.55. The molecular weight excluding hydrogens is 308 g/mol. The molecule has 0 N–H and O–H groups in total. The highest BCUT2D eigenvalue weighted by Crippen LogP contribution is 2.46. The highest BCUT2D eigenvalue weighted by atomic mass is 16.5. The summed E-state index contributed by atoms with van der Waals surface area (Å²) in [5.41, 5.74) is 2.10. The number of fused-ring (bicyclic) bond motifs is 1. The van der Waals surface area contributed by atoms with Crippen molar-refractivity contribution in [3.05, 3.63) is 59.2 Å². The predicted octanol–water partition coefficient (Wildman–Crippen LogP) is 2.82. The maximum atomic E-state index is 12.9. The van der Waals surface area contributed by atoms with E-state index < -0.39 is 17.8 Å². The Kier molecular flexibility index (Phi) is 4.25.